The third-order valence-electron chi connectivity index (χ3n) is 3.68. The van der Waals surface area contributed by atoms with Crippen LogP contribution in [0.3, 0.4) is 0 Å². The number of para-hydroxylation sites is 1. The standard InChI is InChI=1S/C15H20F2N2O2/c16-15(17)21-13-4-2-1-3-10(13)9-14(20)19-12-7-5-11(18)6-8-12/h1-4,11-12,15H,5-9,18H2,(H,19,20). The second-order valence-electron chi connectivity index (χ2n) is 5.34. The van der Waals surface area contributed by atoms with Gasteiger partial charge < -0.3 is 15.8 Å². The third-order valence-corrected chi connectivity index (χ3v) is 3.68. The fraction of sp³-hybridized carbons (Fsp3) is 0.533. The summed E-state index contributed by atoms with van der Waals surface area (Å²) in [5.41, 5.74) is 6.28. The van der Waals surface area contributed by atoms with Gasteiger partial charge in [0.1, 0.15) is 5.75 Å². The molecule has 3 N–H and O–H groups in total. The van der Waals surface area contributed by atoms with Gasteiger partial charge in [-0.3, -0.25) is 4.79 Å². The summed E-state index contributed by atoms with van der Waals surface area (Å²) in [5, 5.41) is 2.93. The Kier molecular flexibility index (Phi) is 5.50. The molecule has 1 aromatic rings. The van der Waals surface area contributed by atoms with Crippen molar-refractivity contribution in [3.05, 3.63) is 29.8 Å². The summed E-state index contributed by atoms with van der Waals surface area (Å²) >= 11 is 0. The van der Waals surface area contributed by atoms with Crippen LogP contribution in [0.2, 0.25) is 0 Å². The third kappa shape index (κ3) is 4.97. The first-order chi connectivity index (χ1) is 10.0. The van der Waals surface area contributed by atoms with Gasteiger partial charge in [0, 0.05) is 17.6 Å². The second kappa shape index (κ2) is 7.36. The Bertz CT molecular complexity index is 474. The van der Waals surface area contributed by atoms with Gasteiger partial charge in [-0.15, -0.1) is 0 Å². The topological polar surface area (TPSA) is 64.3 Å². The Labute approximate surface area is 122 Å². The number of alkyl halides is 2. The molecule has 1 aromatic carbocycles. The first-order valence-corrected chi connectivity index (χ1v) is 7.12. The van der Waals surface area contributed by atoms with E-state index >= 15 is 0 Å². The largest absolute Gasteiger partial charge is 0.435 e. The van der Waals surface area contributed by atoms with Crippen LogP contribution in [-0.2, 0) is 11.2 Å². The zero-order valence-electron chi connectivity index (χ0n) is 11.7. The Morgan fingerprint density at radius 3 is 2.62 bits per heavy atom. The highest BCUT2D eigenvalue weighted by atomic mass is 19.3. The van der Waals surface area contributed by atoms with Crippen molar-refractivity contribution in [2.24, 2.45) is 5.73 Å². The summed E-state index contributed by atoms with van der Waals surface area (Å²) in [4.78, 5) is 12.0. The molecule has 1 aliphatic carbocycles. The minimum Gasteiger partial charge on any atom is -0.435 e. The van der Waals surface area contributed by atoms with E-state index in [0.29, 0.717) is 5.56 Å². The molecule has 1 saturated carbocycles. The Balaban J connectivity index is 1.90. The number of benzene rings is 1. The van der Waals surface area contributed by atoms with Crippen LogP contribution >= 0.6 is 0 Å². The van der Waals surface area contributed by atoms with Crippen LogP contribution in [0.25, 0.3) is 0 Å². The van der Waals surface area contributed by atoms with Gasteiger partial charge in [-0.05, 0) is 31.7 Å². The van der Waals surface area contributed by atoms with E-state index in [1.54, 1.807) is 18.2 Å². The Morgan fingerprint density at radius 1 is 1.29 bits per heavy atom. The molecule has 1 fully saturated rings. The van der Waals surface area contributed by atoms with Crippen LogP contribution in [0.4, 0.5) is 8.78 Å². The molecule has 2 rings (SSSR count). The molecule has 21 heavy (non-hydrogen) atoms. The molecule has 6 heteroatoms. The number of halogens is 2. The lowest BCUT2D eigenvalue weighted by Crippen LogP contribution is -2.41. The number of carbonyl (C=O) groups is 1. The second-order valence-corrected chi connectivity index (χ2v) is 5.34. The van der Waals surface area contributed by atoms with Crippen LogP contribution in [0.1, 0.15) is 31.2 Å². The predicted octanol–water partition coefficient (Wildman–Crippen LogP) is 2.22. The normalized spacial score (nSPS) is 22.1. The van der Waals surface area contributed by atoms with Crippen LogP contribution < -0.4 is 15.8 Å². The summed E-state index contributed by atoms with van der Waals surface area (Å²) < 4.78 is 29.0. The van der Waals surface area contributed by atoms with Gasteiger partial charge in [0.05, 0.1) is 6.42 Å². The Morgan fingerprint density at radius 2 is 1.95 bits per heavy atom. The van der Waals surface area contributed by atoms with Gasteiger partial charge >= 0.3 is 6.61 Å². The van der Waals surface area contributed by atoms with Crippen molar-refractivity contribution >= 4 is 5.91 Å². The van der Waals surface area contributed by atoms with E-state index in [2.05, 4.69) is 10.1 Å². The molecule has 0 bridgehead atoms. The van der Waals surface area contributed by atoms with Crippen LogP contribution in [-0.4, -0.2) is 24.6 Å². The molecule has 0 saturated heterocycles. The van der Waals surface area contributed by atoms with Crippen molar-refractivity contribution in [1.82, 2.24) is 5.32 Å². The minimum atomic E-state index is -2.89. The fourth-order valence-corrected chi connectivity index (χ4v) is 2.58. The van der Waals surface area contributed by atoms with E-state index in [1.165, 1.54) is 6.07 Å². The summed E-state index contributed by atoms with van der Waals surface area (Å²) in [6, 6.07) is 6.70. The van der Waals surface area contributed by atoms with E-state index in [-0.39, 0.29) is 30.2 Å². The lowest BCUT2D eigenvalue weighted by Gasteiger charge is -2.26. The van der Waals surface area contributed by atoms with Crippen LogP contribution in [0.5, 0.6) is 5.75 Å². The van der Waals surface area contributed by atoms with E-state index in [9.17, 15) is 13.6 Å². The van der Waals surface area contributed by atoms with Crippen molar-refractivity contribution in [2.75, 3.05) is 0 Å². The van der Waals surface area contributed by atoms with Crippen molar-refractivity contribution < 1.29 is 18.3 Å². The summed E-state index contributed by atoms with van der Waals surface area (Å²) in [5.74, 6) is -0.130. The van der Waals surface area contributed by atoms with Gasteiger partial charge in [-0.2, -0.15) is 8.78 Å². The maximum Gasteiger partial charge on any atom is 0.387 e. The molecule has 0 radical (unpaired) electrons. The zero-order valence-corrected chi connectivity index (χ0v) is 11.7. The smallest absolute Gasteiger partial charge is 0.387 e. The molecule has 1 aliphatic rings. The molecule has 0 heterocycles. The van der Waals surface area contributed by atoms with E-state index < -0.39 is 6.61 Å². The minimum absolute atomic E-state index is 0.0332. The first-order valence-electron chi connectivity index (χ1n) is 7.12. The van der Waals surface area contributed by atoms with Gasteiger partial charge in [-0.25, -0.2) is 0 Å². The number of rotatable bonds is 5. The fourth-order valence-electron chi connectivity index (χ4n) is 2.58. The number of carbonyl (C=O) groups excluding carboxylic acids is 1. The highest BCUT2D eigenvalue weighted by Crippen LogP contribution is 2.21. The Hall–Kier alpha value is -1.69. The summed E-state index contributed by atoms with van der Waals surface area (Å²) in [7, 11) is 0. The molecule has 0 atom stereocenters. The maximum absolute atomic E-state index is 12.3. The van der Waals surface area contributed by atoms with Gasteiger partial charge in [0.2, 0.25) is 5.91 Å². The quantitative estimate of drug-likeness (QED) is 0.876. The lowest BCUT2D eigenvalue weighted by atomic mass is 9.91. The monoisotopic (exact) mass is 298 g/mol. The first kappa shape index (κ1) is 15.7. The number of hydrogen-bond donors (Lipinski definition) is 2. The lowest BCUT2D eigenvalue weighted by molar-refractivity contribution is -0.121. The zero-order chi connectivity index (χ0) is 15.2. The van der Waals surface area contributed by atoms with Gasteiger partial charge in [0.25, 0.3) is 0 Å². The average Bonchev–Trinajstić information content (AvgIpc) is 2.43. The van der Waals surface area contributed by atoms with Crippen molar-refractivity contribution in [2.45, 2.75) is 50.8 Å². The molecule has 4 nitrogen and oxygen atoms in total. The van der Waals surface area contributed by atoms with Crippen LogP contribution in [0, 0.1) is 0 Å². The number of ether oxygens (including phenoxy) is 1. The molecule has 116 valence electrons. The average molecular weight is 298 g/mol. The van der Waals surface area contributed by atoms with Crippen molar-refractivity contribution in [3.63, 3.8) is 0 Å². The highest BCUT2D eigenvalue weighted by molar-refractivity contribution is 5.79. The highest BCUT2D eigenvalue weighted by Gasteiger charge is 2.20. The summed E-state index contributed by atoms with van der Waals surface area (Å²) in [6.07, 6.45) is 3.56. The molecule has 0 spiro atoms. The summed E-state index contributed by atoms with van der Waals surface area (Å²) in [6.45, 7) is -2.89. The van der Waals surface area contributed by atoms with Gasteiger partial charge in [-0.1, -0.05) is 18.2 Å². The number of hydrogen-bond acceptors (Lipinski definition) is 3. The number of nitrogens with one attached hydrogen (secondary N) is 1. The van der Waals surface area contributed by atoms with Crippen molar-refractivity contribution in [1.29, 1.82) is 0 Å². The van der Waals surface area contributed by atoms with Crippen LogP contribution in [0.15, 0.2) is 24.3 Å². The number of amides is 1. The number of nitrogens with two attached hydrogens (primary N) is 1. The molecule has 0 aliphatic heterocycles. The molecule has 1 amide bonds. The maximum atomic E-state index is 12.3. The van der Waals surface area contributed by atoms with E-state index in [0.717, 1.165) is 25.7 Å². The molecular formula is C15H20F2N2O2. The predicted molar refractivity (Wildman–Crippen MR) is 75.2 cm³/mol. The van der Waals surface area contributed by atoms with Crippen molar-refractivity contribution in [3.8, 4) is 5.75 Å². The molecule has 0 unspecified atom stereocenters. The van der Waals surface area contributed by atoms with E-state index in [1.807, 2.05) is 0 Å². The van der Waals surface area contributed by atoms with Gasteiger partial charge in [0.15, 0.2) is 0 Å². The van der Waals surface area contributed by atoms with E-state index in [4.69, 9.17) is 5.73 Å². The SMILES string of the molecule is NC1CCC(NC(=O)Cc2ccccc2OC(F)F)CC1. The molecule has 0 aromatic heterocycles. The molecular weight excluding hydrogens is 278 g/mol.